The summed E-state index contributed by atoms with van der Waals surface area (Å²) in [5, 5.41) is 6.57. The van der Waals surface area contributed by atoms with E-state index >= 15 is 0 Å². The van der Waals surface area contributed by atoms with E-state index in [0.717, 1.165) is 29.3 Å². The molecule has 1 aromatic heterocycles. The summed E-state index contributed by atoms with van der Waals surface area (Å²) in [6, 6.07) is 19.1. The van der Waals surface area contributed by atoms with Gasteiger partial charge >= 0.3 is 0 Å². The van der Waals surface area contributed by atoms with Crippen molar-refractivity contribution in [2.24, 2.45) is 0 Å². The van der Waals surface area contributed by atoms with Crippen molar-refractivity contribution in [3.63, 3.8) is 0 Å². The zero-order valence-electron chi connectivity index (χ0n) is 14.2. The van der Waals surface area contributed by atoms with Crippen LogP contribution in [-0.4, -0.2) is 23.3 Å². The molecule has 1 fully saturated rings. The number of hydrogen-bond donors (Lipinski definition) is 2. The van der Waals surface area contributed by atoms with Crippen LogP contribution < -0.4 is 10.6 Å². The lowest BCUT2D eigenvalue weighted by Crippen LogP contribution is -2.39. The first-order valence-electron chi connectivity index (χ1n) is 8.66. The molecule has 0 bridgehead atoms. The molecule has 26 heavy (non-hydrogen) atoms. The highest BCUT2D eigenvalue weighted by Crippen LogP contribution is 2.48. The van der Waals surface area contributed by atoms with Crippen molar-refractivity contribution < 1.29 is 9.59 Å². The molecule has 5 heteroatoms. The highest BCUT2D eigenvalue weighted by Gasteiger charge is 2.51. The number of hydrogen-bond acceptors (Lipinski definition) is 3. The predicted octanol–water partition coefficient (Wildman–Crippen LogP) is 3.02. The fourth-order valence-electron chi connectivity index (χ4n) is 3.26. The Balaban J connectivity index is 1.41. The minimum absolute atomic E-state index is 0.0589. The van der Waals surface area contributed by atoms with Crippen molar-refractivity contribution in [1.82, 2.24) is 10.3 Å². The van der Waals surface area contributed by atoms with Crippen LogP contribution in [0.1, 0.15) is 18.4 Å². The van der Waals surface area contributed by atoms with E-state index in [-0.39, 0.29) is 18.4 Å². The molecular formula is C21H19N3O2. The molecule has 130 valence electrons. The number of anilines is 1. The quantitative estimate of drug-likeness (QED) is 0.747. The van der Waals surface area contributed by atoms with Crippen LogP contribution in [0.2, 0.25) is 0 Å². The van der Waals surface area contributed by atoms with Crippen LogP contribution in [0.5, 0.6) is 0 Å². The van der Waals surface area contributed by atoms with E-state index in [1.807, 2.05) is 54.6 Å². The van der Waals surface area contributed by atoms with E-state index in [0.29, 0.717) is 5.69 Å². The van der Waals surface area contributed by atoms with Gasteiger partial charge in [0.25, 0.3) is 0 Å². The Morgan fingerprint density at radius 1 is 0.962 bits per heavy atom. The van der Waals surface area contributed by atoms with Gasteiger partial charge in [-0.2, -0.15) is 0 Å². The predicted molar refractivity (Wildman–Crippen MR) is 101 cm³/mol. The van der Waals surface area contributed by atoms with Crippen LogP contribution in [0.15, 0.2) is 66.9 Å². The number of nitrogens with zero attached hydrogens (tertiary/aromatic N) is 1. The van der Waals surface area contributed by atoms with E-state index < -0.39 is 5.41 Å². The lowest BCUT2D eigenvalue weighted by atomic mass is 9.95. The SMILES string of the molecule is O=C(CNC(=O)C1(c2ccccc2)CC1)Nc1cccc2cccnc12. The molecule has 1 aliphatic rings. The van der Waals surface area contributed by atoms with Gasteiger partial charge in [-0.15, -0.1) is 0 Å². The van der Waals surface area contributed by atoms with Crippen molar-refractivity contribution in [2.75, 3.05) is 11.9 Å². The van der Waals surface area contributed by atoms with Crippen LogP contribution in [0.3, 0.4) is 0 Å². The number of carbonyl (C=O) groups is 2. The third kappa shape index (κ3) is 3.04. The van der Waals surface area contributed by atoms with Gasteiger partial charge in [-0.05, 0) is 30.5 Å². The summed E-state index contributed by atoms with van der Waals surface area (Å²) < 4.78 is 0. The molecule has 4 rings (SSSR count). The van der Waals surface area contributed by atoms with Crippen LogP contribution in [0, 0.1) is 0 Å². The Kier molecular flexibility index (Phi) is 4.13. The van der Waals surface area contributed by atoms with Crippen molar-refractivity contribution in [2.45, 2.75) is 18.3 Å². The minimum atomic E-state index is -0.470. The van der Waals surface area contributed by atoms with Gasteiger partial charge in [-0.3, -0.25) is 14.6 Å². The Bertz CT molecular complexity index is 960. The van der Waals surface area contributed by atoms with E-state index in [1.54, 1.807) is 12.3 Å². The maximum atomic E-state index is 12.6. The normalized spacial score (nSPS) is 14.6. The number of carbonyl (C=O) groups excluding carboxylic acids is 2. The molecule has 2 amide bonds. The van der Waals surface area contributed by atoms with Crippen LogP contribution >= 0.6 is 0 Å². The van der Waals surface area contributed by atoms with Gasteiger partial charge < -0.3 is 10.6 Å². The standard InChI is InChI=1S/C21H19N3O2/c25-18(24-17-10-4-6-15-7-5-13-22-19(15)17)14-23-20(26)21(11-12-21)16-8-2-1-3-9-16/h1-10,13H,11-12,14H2,(H,23,26)(H,24,25). The molecular weight excluding hydrogens is 326 g/mol. The minimum Gasteiger partial charge on any atom is -0.346 e. The summed E-state index contributed by atoms with van der Waals surface area (Å²) in [7, 11) is 0. The second kappa shape index (κ2) is 6.59. The molecule has 2 aromatic carbocycles. The summed E-state index contributed by atoms with van der Waals surface area (Å²) in [4.78, 5) is 29.2. The number of rotatable bonds is 5. The molecule has 0 aliphatic heterocycles. The Morgan fingerprint density at radius 2 is 1.73 bits per heavy atom. The van der Waals surface area contributed by atoms with Crippen molar-refractivity contribution in [3.05, 3.63) is 72.4 Å². The number of pyridine rings is 1. The molecule has 0 unspecified atom stereocenters. The van der Waals surface area contributed by atoms with Gasteiger partial charge in [0.15, 0.2) is 0 Å². The maximum Gasteiger partial charge on any atom is 0.243 e. The fourth-order valence-corrected chi connectivity index (χ4v) is 3.26. The molecule has 1 saturated carbocycles. The van der Waals surface area contributed by atoms with E-state index in [9.17, 15) is 9.59 Å². The largest absolute Gasteiger partial charge is 0.346 e. The average molecular weight is 345 g/mol. The first kappa shape index (κ1) is 16.3. The summed E-state index contributed by atoms with van der Waals surface area (Å²) in [6.07, 6.45) is 3.33. The van der Waals surface area contributed by atoms with Crippen molar-refractivity contribution in [1.29, 1.82) is 0 Å². The summed E-state index contributed by atoms with van der Waals surface area (Å²) in [5.74, 6) is -0.352. The van der Waals surface area contributed by atoms with Gasteiger partial charge in [0.05, 0.1) is 23.2 Å². The highest BCUT2D eigenvalue weighted by molar-refractivity contribution is 6.02. The molecule has 0 spiro atoms. The number of para-hydroxylation sites is 1. The number of benzene rings is 2. The smallest absolute Gasteiger partial charge is 0.243 e. The first-order chi connectivity index (χ1) is 12.7. The van der Waals surface area contributed by atoms with Gasteiger partial charge in [0.2, 0.25) is 11.8 Å². The van der Waals surface area contributed by atoms with Gasteiger partial charge in [-0.25, -0.2) is 0 Å². The molecule has 5 nitrogen and oxygen atoms in total. The molecule has 0 atom stereocenters. The summed E-state index contributed by atoms with van der Waals surface area (Å²) >= 11 is 0. The molecule has 0 saturated heterocycles. The summed E-state index contributed by atoms with van der Waals surface area (Å²) in [6.45, 7) is -0.0589. The number of nitrogens with one attached hydrogen (secondary N) is 2. The molecule has 1 aliphatic carbocycles. The van der Waals surface area contributed by atoms with E-state index in [2.05, 4.69) is 15.6 Å². The van der Waals surface area contributed by atoms with Crippen LogP contribution in [0.4, 0.5) is 5.69 Å². The van der Waals surface area contributed by atoms with E-state index in [4.69, 9.17) is 0 Å². The van der Waals surface area contributed by atoms with Crippen LogP contribution in [0.25, 0.3) is 10.9 Å². The molecule has 2 N–H and O–H groups in total. The van der Waals surface area contributed by atoms with Crippen molar-refractivity contribution >= 4 is 28.4 Å². The average Bonchev–Trinajstić information content (AvgIpc) is 3.49. The first-order valence-corrected chi connectivity index (χ1v) is 8.66. The molecule has 3 aromatic rings. The number of aromatic nitrogens is 1. The third-order valence-electron chi connectivity index (χ3n) is 4.83. The lowest BCUT2D eigenvalue weighted by Gasteiger charge is -2.15. The Labute approximate surface area is 151 Å². The van der Waals surface area contributed by atoms with Gasteiger partial charge in [0.1, 0.15) is 0 Å². The second-order valence-electron chi connectivity index (χ2n) is 6.56. The highest BCUT2D eigenvalue weighted by atomic mass is 16.2. The Hall–Kier alpha value is -3.21. The number of fused-ring (bicyclic) bond motifs is 1. The monoisotopic (exact) mass is 345 g/mol. The molecule has 0 radical (unpaired) electrons. The summed E-state index contributed by atoms with van der Waals surface area (Å²) in [5.41, 5.74) is 1.92. The fraction of sp³-hybridized carbons (Fsp3) is 0.190. The Morgan fingerprint density at radius 3 is 2.50 bits per heavy atom. The van der Waals surface area contributed by atoms with Gasteiger partial charge in [-0.1, -0.05) is 48.5 Å². The third-order valence-corrected chi connectivity index (χ3v) is 4.83. The maximum absolute atomic E-state index is 12.6. The van der Waals surface area contributed by atoms with Crippen molar-refractivity contribution in [3.8, 4) is 0 Å². The molecule has 1 heterocycles. The second-order valence-corrected chi connectivity index (χ2v) is 6.56. The lowest BCUT2D eigenvalue weighted by molar-refractivity contribution is -0.126. The number of amides is 2. The van der Waals surface area contributed by atoms with E-state index in [1.165, 1.54) is 0 Å². The topological polar surface area (TPSA) is 71.1 Å². The van der Waals surface area contributed by atoms with Crippen LogP contribution in [-0.2, 0) is 15.0 Å². The zero-order chi connectivity index (χ0) is 18.0. The zero-order valence-corrected chi connectivity index (χ0v) is 14.2. The van der Waals surface area contributed by atoms with Gasteiger partial charge in [0, 0.05) is 11.6 Å².